The Kier molecular flexibility index (Phi) is 5.97. The van der Waals surface area contributed by atoms with E-state index in [1.165, 1.54) is 0 Å². The molecule has 29 heavy (non-hydrogen) atoms. The number of aliphatic hydroxyl groups excluding tert-OH is 1. The molecule has 0 aromatic heterocycles. The highest BCUT2D eigenvalue weighted by Crippen LogP contribution is 2.65. The van der Waals surface area contributed by atoms with Gasteiger partial charge in [-0.3, -0.25) is 0 Å². The molecule has 0 aromatic rings. The van der Waals surface area contributed by atoms with Gasteiger partial charge in [-0.1, -0.05) is 46.8 Å². The third kappa shape index (κ3) is 3.55. The van der Waals surface area contributed by atoms with E-state index in [2.05, 4.69) is 40.7 Å². The molecule has 0 saturated heterocycles. The number of allylic oxidation sites excluding steroid dienone is 1. The monoisotopic (exact) mass is 404 g/mol. The number of carbonyl (C=O) groups excluding carboxylic acids is 1. The van der Waals surface area contributed by atoms with Crippen LogP contribution < -0.4 is 0 Å². The summed E-state index contributed by atoms with van der Waals surface area (Å²) in [6.07, 6.45) is 4.34. The average molecular weight is 405 g/mol. The van der Waals surface area contributed by atoms with Crippen molar-refractivity contribution in [3.8, 4) is 0 Å². The van der Waals surface area contributed by atoms with Crippen LogP contribution in [0.15, 0.2) is 23.3 Å². The molecule has 3 aliphatic carbocycles. The lowest BCUT2D eigenvalue weighted by atomic mass is 9.71. The normalized spacial score (nSPS) is 46.8. The average Bonchev–Trinajstić information content (AvgIpc) is 3.08. The van der Waals surface area contributed by atoms with Crippen molar-refractivity contribution in [2.45, 2.75) is 85.7 Å². The Morgan fingerprint density at radius 2 is 1.79 bits per heavy atom. The van der Waals surface area contributed by atoms with Crippen molar-refractivity contribution in [3.05, 3.63) is 23.3 Å². The molecule has 1 fully saturated rings. The number of hydrogen-bond donors (Lipinski definition) is 2. The fourth-order valence-electron chi connectivity index (χ4n) is 6.11. The minimum absolute atomic E-state index is 0.0841. The lowest BCUT2D eigenvalue weighted by molar-refractivity contribution is -0.181. The summed E-state index contributed by atoms with van der Waals surface area (Å²) >= 11 is 0. The number of rotatable bonds is 4. The van der Waals surface area contributed by atoms with Crippen LogP contribution in [0.1, 0.15) is 61.8 Å². The van der Waals surface area contributed by atoms with Gasteiger partial charge >= 0.3 is 0 Å². The van der Waals surface area contributed by atoms with E-state index in [4.69, 9.17) is 4.74 Å². The van der Waals surface area contributed by atoms with Crippen LogP contribution in [0.4, 0.5) is 0 Å². The minimum atomic E-state index is -1.42. The summed E-state index contributed by atoms with van der Waals surface area (Å²) in [5, 5.41) is 23.1. The van der Waals surface area contributed by atoms with E-state index in [-0.39, 0.29) is 35.2 Å². The summed E-state index contributed by atoms with van der Waals surface area (Å²) in [7, 11) is 0. The zero-order valence-corrected chi connectivity index (χ0v) is 19.3. The Morgan fingerprint density at radius 1 is 1.17 bits per heavy atom. The van der Waals surface area contributed by atoms with Crippen molar-refractivity contribution in [2.24, 2.45) is 40.9 Å². The Labute approximate surface area is 176 Å². The van der Waals surface area contributed by atoms with Crippen molar-refractivity contribution in [3.63, 3.8) is 0 Å². The minimum Gasteiger partial charge on any atom is -0.386 e. The fourth-order valence-corrected chi connectivity index (χ4v) is 6.11. The summed E-state index contributed by atoms with van der Waals surface area (Å²) in [6, 6.07) is 0. The zero-order valence-electron chi connectivity index (χ0n) is 19.3. The van der Waals surface area contributed by atoms with Crippen LogP contribution in [0.25, 0.3) is 0 Å². The molecule has 0 radical (unpaired) electrons. The molecule has 1 saturated carbocycles. The summed E-state index contributed by atoms with van der Waals surface area (Å²) in [5.74, 6) is 0.854. The Hall–Kier alpha value is -0.970. The maximum Gasteiger partial charge on any atom is 0.131 e. The molecule has 5 unspecified atom stereocenters. The van der Waals surface area contributed by atoms with Gasteiger partial charge in [-0.2, -0.15) is 0 Å². The molecule has 0 aromatic carbocycles. The topological polar surface area (TPSA) is 66.8 Å². The maximum absolute atomic E-state index is 12.0. The van der Waals surface area contributed by atoms with Gasteiger partial charge in [-0.25, -0.2) is 0 Å². The van der Waals surface area contributed by atoms with Gasteiger partial charge in [0.25, 0.3) is 0 Å². The molecule has 3 rings (SSSR count). The van der Waals surface area contributed by atoms with E-state index >= 15 is 0 Å². The van der Waals surface area contributed by atoms with E-state index in [1.807, 2.05) is 26.8 Å². The molecule has 9 atom stereocenters. The van der Waals surface area contributed by atoms with Crippen LogP contribution in [-0.2, 0) is 9.53 Å². The summed E-state index contributed by atoms with van der Waals surface area (Å²) in [4.78, 5) is 12.0. The first-order valence-corrected chi connectivity index (χ1v) is 11.2. The van der Waals surface area contributed by atoms with Gasteiger partial charge in [0, 0.05) is 11.8 Å². The highest BCUT2D eigenvalue weighted by atomic mass is 16.5. The van der Waals surface area contributed by atoms with Gasteiger partial charge in [0.1, 0.15) is 24.1 Å². The Morgan fingerprint density at radius 3 is 2.34 bits per heavy atom. The largest absolute Gasteiger partial charge is 0.386 e. The van der Waals surface area contributed by atoms with Gasteiger partial charge in [0.2, 0.25) is 0 Å². The standard InChI is InChI=1S/C25H40O4/c1-13(2)17(6)29-23-16(5)9-18(12-26)21-20(24(21,7)8)10-14(3)19-11-15(4)22(27)25(19,23)28/h9,11-14,17-23,27-28H,10H2,1-8H3/b16-9-/t14-,17?,18-,19?,20?,21?,22?,23-,25-/m1/s1. The number of carbonyl (C=O) groups is 1. The summed E-state index contributed by atoms with van der Waals surface area (Å²) in [6.45, 7) is 16.7. The van der Waals surface area contributed by atoms with Crippen LogP contribution in [0.3, 0.4) is 0 Å². The number of fused-ring (bicyclic) bond motifs is 2. The van der Waals surface area contributed by atoms with E-state index in [0.29, 0.717) is 11.8 Å². The molecule has 0 bridgehead atoms. The molecule has 0 aliphatic heterocycles. The third-order valence-electron chi connectivity index (χ3n) is 8.37. The molecule has 0 amide bonds. The third-order valence-corrected chi connectivity index (χ3v) is 8.37. The second-order valence-electron chi connectivity index (χ2n) is 11.0. The Balaban J connectivity index is 2.12. The first-order valence-electron chi connectivity index (χ1n) is 11.2. The van der Waals surface area contributed by atoms with Gasteiger partial charge in [-0.15, -0.1) is 0 Å². The molecule has 0 heterocycles. The van der Waals surface area contributed by atoms with Crippen LogP contribution >= 0.6 is 0 Å². The lowest BCUT2D eigenvalue weighted by Crippen LogP contribution is -2.58. The van der Waals surface area contributed by atoms with Crippen LogP contribution in [0.2, 0.25) is 0 Å². The van der Waals surface area contributed by atoms with Crippen molar-refractivity contribution in [2.75, 3.05) is 0 Å². The van der Waals surface area contributed by atoms with Crippen molar-refractivity contribution < 1.29 is 19.7 Å². The summed E-state index contributed by atoms with van der Waals surface area (Å²) in [5.41, 5.74) is 0.337. The van der Waals surface area contributed by atoms with Gasteiger partial charge < -0.3 is 19.7 Å². The van der Waals surface area contributed by atoms with Gasteiger partial charge in [-0.05, 0) is 67.4 Å². The lowest BCUT2D eigenvalue weighted by Gasteiger charge is -2.45. The molecule has 3 aliphatic rings. The molecule has 4 heteroatoms. The predicted octanol–water partition coefficient (Wildman–Crippen LogP) is 4.16. The van der Waals surface area contributed by atoms with E-state index in [0.717, 1.165) is 23.9 Å². The highest BCUT2D eigenvalue weighted by Gasteiger charge is 2.63. The van der Waals surface area contributed by atoms with Gasteiger partial charge in [0.05, 0.1) is 6.10 Å². The quantitative estimate of drug-likeness (QED) is 0.545. The van der Waals surface area contributed by atoms with Crippen LogP contribution in [-0.4, -0.2) is 40.4 Å². The molecule has 4 nitrogen and oxygen atoms in total. The number of aliphatic hydroxyl groups is 2. The highest BCUT2D eigenvalue weighted by molar-refractivity contribution is 5.59. The summed E-state index contributed by atoms with van der Waals surface area (Å²) < 4.78 is 6.45. The van der Waals surface area contributed by atoms with Crippen molar-refractivity contribution >= 4 is 6.29 Å². The Bertz CT molecular complexity index is 706. The first kappa shape index (κ1) is 22.7. The zero-order chi connectivity index (χ0) is 21.9. The maximum atomic E-state index is 12.0. The molecular weight excluding hydrogens is 364 g/mol. The van der Waals surface area contributed by atoms with E-state index < -0.39 is 17.8 Å². The van der Waals surface area contributed by atoms with Crippen LogP contribution in [0, 0.1) is 40.9 Å². The number of hydrogen-bond acceptors (Lipinski definition) is 4. The molecule has 0 spiro atoms. The fraction of sp³-hybridized carbons (Fsp3) is 0.800. The number of ether oxygens (including phenoxy) is 1. The SMILES string of the molecule is CC1=CC2[C@H](C)CC3C([C@@H](C=O)/C=C(/C)[C@@H](OC(C)C(C)C)[C@]2(O)C1O)C3(C)C. The van der Waals surface area contributed by atoms with E-state index in [1.54, 1.807) is 0 Å². The first-order chi connectivity index (χ1) is 13.4. The second kappa shape index (κ2) is 7.62. The van der Waals surface area contributed by atoms with Gasteiger partial charge in [0.15, 0.2) is 0 Å². The van der Waals surface area contributed by atoms with Crippen LogP contribution in [0.5, 0.6) is 0 Å². The van der Waals surface area contributed by atoms with Crippen molar-refractivity contribution in [1.82, 2.24) is 0 Å². The molecular formula is C25H40O4. The number of aldehydes is 1. The van der Waals surface area contributed by atoms with E-state index in [9.17, 15) is 15.0 Å². The predicted molar refractivity (Wildman–Crippen MR) is 115 cm³/mol. The smallest absolute Gasteiger partial charge is 0.131 e. The van der Waals surface area contributed by atoms with Crippen molar-refractivity contribution in [1.29, 1.82) is 0 Å². The second-order valence-corrected chi connectivity index (χ2v) is 11.0. The molecule has 164 valence electrons. The molecule has 2 N–H and O–H groups in total.